The van der Waals surface area contributed by atoms with Crippen molar-refractivity contribution in [2.75, 3.05) is 33.0 Å². The van der Waals surface area contributed by atoms with Gasteiger partial charge in [-0.25, -0.2) is 0 Å². The molecule has 1 aromatic heterocycles. The molecule has 3 aromatic carbocycles. The van der Waals surface area contributed by atoms with Crippen LogP contribution in [0, 0.1) is 0 Å². The van der Waals surface area contributed by atoms with Crippen LogP contribution in [0.3, 0.4) is 0 Å². The highest BCUT2D eigenvalue weighted by Gasteiger charge is 2.22. The van der Waals surface area contributed by atoms with Crippen LogP contribution in [0.15, 0.2) is 72.8 Å². The minimum Gasteiger partial charge on any atom is -0.454 e. The first kappa shape index (κ1) is 24.4. The van der Waals surface area contributed by atoms with Crippen LogP contribution in [-0.4, -0.2) is 58.0 Å². The van der Waals surface area contributed by atoms with Crippen LogP contribution in [0.1, 0.15) is 22.5 Å². The van der Waals surface area contributed by atoms with Crippen LogP contribution in [0.25, 0.3) is 0 Å². The van der Waals surface area contributed by atoms with Gasteiger partial charge >= 0.3 is 0 Å². The normalized spacial score (nSPS) is 15.0. The number of benzene rings is 3. The Morgan fingerprint density at radius 3 is 2.45 bits per heavy atom. The molecule has 1 saturated heterocycles. The highest BCUT2D eigenvalue weighted by atomic mass is 32.1. The summed E-state index contributed by atoms with van der Waals surface area (Å²) in [6.45, 7) is 4.28. The van der Waals surface area contributed by atoms with Crippen molar-refractivity contribution in [2.24, 2.45) is 0 Å². The van der Waals surface area contributed by atoms with E-state index in [9.17, 15) is 4.79 Å². The molecule has 0 atom stereocenters. The Morgan fingerprint density at radius 1 is 0.868 bits per heavy atom. The predicted molar refractivity (Wildman–Crippen MR) is 144 cm³/mol. The summed E-state index contributed by atoms with van der Waals surface area (Å²) in [6, 6.07) is 23.8. The number of amides is 1. The third-order valence-electron chi connectivity index (χ3n) is 6.71. The number of piperazine rings is 1. The molecule has 8 nitrogen and oxygen atoms in total. The number of carbonyl (C=O) groups excluding carboxylic acids is 1. The molecule has 194 valence electrons. The number of hydrogen-bond donors (Lipinski definition) is 0. The molecule has 0 aliphatic carbocycles. The standard InChI is InChI=1S/C29H28N4O4S/c34-28(33-14-12-32(13-15-33)19-23-8-11-25-26(16-23)36-20-35-25)18-22-6-9-24(10-7-22)37-29-30-27(31-38-29)17-21-4-2-1-3-5-21/h1-11,16H,12-15,17-20H2. The largest absolute Gasteiger partial charge is 0.454 e. The lowest BCUT2D eigenvalue weighted by Crippen LogP contribution is -2.48. The highest BCUT2D eigenvalue weighted by molar-refractivity contribution is 7.07. The molecule has 4 aromatic rings. The van der Waals surface area contributed by atoms with E-state index in [-0.39, 0.29) is 12.7 Å². The Labute approximate surface area is 225 Å². The van der Waals surface area contributed by atoms with Gasteiger partial charge in [0, 0.05) is 50.7 Å². The molecule has 1 fully saturated rings. The van der Waals surface area contributed by atoms with Crippen LogP contribution in [0.4, 0.5) is 0 Å². The molecule has 0 spiro atoms. The van der Waals surface area contributed by atoms with Crippen LogP contribution in [0.5, 0.6) is 22.4 Å². The van der Waals surface area contributed by atoms with Crippen molar-refractivity contribution in [3.05, 3.63) is 95.3 Å². The molecule has 0 N–H and O–H groups in total. The Balaban J connectivity index is 0.963. The van der Waals surface area contributed by atoms with Gasteiger partial charge < -0.3 is 19.1 Å². The van der Waals surface area contributed by atoms with Crippen LogP contribution >= 0.6 is 11.5 Å². The number of fused-ring (bicyclic) bond motifs is 1. The molecule has 0 saturated carbocycles. The SMILES string of the molecule is O=C(Cc1ccc(Oc2nc(Cc3ccccc3)ns2)cc1)N1CCN(Cc2ccc3c(c2)OCO3)CC1. The molecule has 38 heavy (non-hydrogen) atoms. The summed E-state index contributed by atoms with van der Waals surface area (Å²) in [4.78, 5) is 21.7. The van der Waals surface area contributed by atoms with E-state index >= 15 is 0 Å². The molecule has 1 amide bonds. The first-order valence-corrected chi connectivity index (χ1v) is 13.5. The molecule has 2 aliphatic heterocycles. The quantitative estimate of drug-likeness (QED) is 0.332. The summed E-state index contributed by atoms with van der Waals surface area (Å²) < 4.78 is 21.2. The van der Waals surface area contributed by atoms with Gasteiger partial charge in [-0.15, -0.1) is 0 Å². The lowest BCUT2D eigenvalue weighted by molar-refractivity contribution is -0.132. The number of hydrogen-bond acceptors (Lipinski definition) is 8. The zero-order valence-electron chi connectivity index (χ0n) is 20.9. The summed E-state index contributed by atoms with van der Waals surface area (Å²) in [5.74, 6) is 3.19. The first-order valence-electron chi connectivity index (χ1n) is 12.7. The van der Waals surface area contributed by atoms with Gasteiger partial charge in [0.1, 0.15) is 5.75 Å². The van der Waals surface area contributed by atoms with E-state index in [4.69, 9.17) is 14.2 Å². The minimum atomic E-state index is 0.149. The van der Waals surface area contributed by atoms with Crippen LogP contribution in [0.2, 0.25) is 0 Å². The van der Waals surface area contributed by atoms with Gasteiger partial charge in [0.25, 0.3) is 5.19 Å². The van der Waals surface area contributed by atoms with Gasteiger partial charge in [-0.05, 0) is 41.0 Å². The summed E-state index contributed by atoms with van der Waals surface area (Å²) in [7, 11) is 0. The van der Waals surface area contributed by atoms with Crippen molar-refractivity contribution < 1.29 is 19.0 Å². The zero-order chi connectivity index (χ0) is 25.7. The van der Waals surface area contributed by atoms with Gasteiger partial charge in [-0.1, -0.05) is 48.5 Å². The molecule has 2 aliphatic rings. The lowest BCUT2D eigenvalue weighted by atomic mass is 10.1. The van der Waals surface area contributed by atoms with Crippen molar-refractivity contribution in [1.29, 1.82) is 0 Å². The van der Waals surface area contributed by atoms with Crippen LogP contribution < -0.4 is 14.2 Å². The third-order valence-corrected chi connectivity index (χ3v) is 7.34. The van der Waals surface area contributed by atoms with Gasteiger partial charge in [-0.2, -0.15) is 9.36 Å². The molecular formula is C29H28N4O4S. The van der Waals surface area contributed by atoms with Gasteiger partial charge in [0.15, 0.2) is 17.3 Å². The van der Waals surface area contributed by atoms with Gasteiger partial charge in [-0.3, -0.25) is 9.69 Å². The number of carbonyl (C=O) groups is 1. The summed E-state index contributed by atoms with van der Waals surface area (Å²) in [6.07, 6.45) is 1.05. The molecule has 0 unspecified atom stereocenters. The first-order chi connectivity index (χ1) is 18.7. The average molecular weight is 529 g/mol. The Hall–Kier alpha value is -3.95. The predicted octanol–water partition coefficient (Wildman–Crippen LogP) is 4.54. The topological polar surface area (TPSA) is 77.0 Å². The highest BCUT2D eigenvalue weighted by Crippen LogP contribution is 2.33. The van der Waals surface area contributed by atoms with Crippen molar-refractivity contribution in [1.82, 2.24) is 19.2 Å². The number of aromatic nitrogens is 2. The maximum absolute atomic E-state index is 12.9. The van der Waals surface area contributed by atoms with E-state index in [1.165, 1.54) is 17.1 Å². The summed E-state index contributed by atoms with van der Waals surface area (Å²) >= 11 is 1.24. The minimum absolute atomic E-state index is 0.149. The van der Waals surface area contributed by atoms with E-state index in [1.807, 2.05) is 59.5 Å². The third kappa shape index (κ3) is 5.95. The van der Waals surface area contributed by atoms with E-state index in [0.29, 0.717) is 23.8 Å². The van der Waals surface area contributed by atoms with Crippen molar-refractivity contribution in [2.45, 2.75) is 19.4 Å². The second-order valence-corrected chi connectivity index (χ2v) is 10.1. The molecule has 0 bridgehead atoms. The fraction of sp³-hybridized carbons (Fsp3) is 0.276. The molecular weight excluding hydrogens is 500 g/mol. The van der Waals surface area contributed by atoms with E-state index in [1.54, 1.807) is 0 Å². The van der Waals surface area contributed by atoms with Crippen molar-refractivity contribution in [3.63, 3.8) is 0 Å². The van der Waals surface area contributed by atoms with Crippen LogP contribution in [-0.2, 0) is 24.2 Å². The number of rotatable bonds is 8. The second-order valence-electron chi connectivity index (χ2n) is 9.41. The Morgan fingerprint density at radius 2 is 1.63 bits per heavy atom. The molecule has 6 rings (SSSR count). The van der Waals surface area contributed by atoms with Gasteiger partial charge in [0.05, 0.1) is 6.42 Å². The molecule has 9 heteroatoms. The fourth-order valence-corrected chi connectivity index (χ4v) is 5.21. The van der Waals surface area contributed by atoms with Crippen molar-refractivity contribution in [3.8, 4) is 22.4 Å². The number of ether oxygens (including phenoxy) is 3. The maximum Gasteiger partial charge on any atom is 0.298 e. The molecule has 0 radical (unpaired) electrons. The monoisotopic (exact) mass is 528 g/mol. The summed E-state index contributed by atoms with van der Waals surface area (Å²) in [5.41, 5.74) is 3.32. The van der Waals surface area contributed by atoms with E-state index in [0.717, 1.165) is 61.2 Å². The smallest absolute Gasteiger partial charge is 0.298 e. The Bertz CT molecular complexity index is 1390. The zero-order valence-corrected chi connectivity index (χ0v) is 21.7. The van der Waals surface area contributed by atoms with E-state index < -0.39 is 0 Å². The fourth-order valence-electron chi connectivity index (χ4n) is 4.65. The Kier molecular flexibility index (Phi) is 7.19. The maximum atomic E-state index is 12.9. The van der Waals surface area contributed by atoms with E-state index in [2.05, 4.69) is 32.5 Å². The van der Waals surface area contributed by atoms with Crippen molar-refractivity contribution >= 4 is 17.4 Å². The number of nitrogens with zero attached hydrogens (tertiary/aromatic N) is 4. The average Bonchev–Trinajstić information content (AvgIpc) is 3.60. The second kappa shape index (κ2) is 11.2. The lowest BCUT2D eigenvalue weighted by Gasteiger charge is -2.35. The molecule has 3 heterocycles. The van der Waals surface area contributed by atoms with Gasteiger partial charge in [0.2, 0.25) is 12.7 Å². The summed E-state index contributed by atoms with van der Waals surface area (Å²) in [5, 5.41) is 0.512.